The van der Waals surface area contributed by atoms with Gasteiger partial charge in [-0.2, -0.15) is 0 Å². The number of carboxylic acids is 1. The molecule has 0 spiro atoms. The number of nitrogens with one attached hydrogen (secondary N) is 2. The number of rotatable bonds is 6. The second-order valence-corrected chi connectivity index (χ2v) is 8.98. The number of ether oxygens (including phenoxy) is 1. The number of H-pyrrole nitrogens is 1. The van der Waals surface area contributed by atoms with Gasteiger partial charge in [0, 0.05) is 34.9 Å². The molecule has 0 aliphatic carbocycles. The Kier molecular flexibility index (Phi) is 5.49. The van der Waals surface area contributed by atoms with Crippen LogP contribution in [-0.2, 0) is 20.8 Å². The molecule has 0 unspecified atom stereocenters. The molecule has 0 saturated carbocycles. The highest BCUT2D eigenvalue weighted by atomic mass is 35.5. The van der Waals surface area contributed by atoms with E-state index in [1.165, 1.54) is 31.8 Å². The lowest BCUT2D eigenvalue weighted by molar-refractivity contribution is -0.148. The Balaban J connectivity index is 1.68. The highest BCUT2D eigenvalue weighted by molar-refractivity contribution is 6.31. The number of methoxy groups -OCH3 is 1. The molecule has 2 aromatic carbocycles. The Morgan fingerprint density at radius 2 is 1.94 bits per heavy atom. The number of imide groups is 1. The number of imidazole rings is 1. The van der Waals surface area contributed by atoms with Crippen molar-refractivity contribution in [2.45, 2.75) is 18.0 Å². The normalized spacial score (nSPS) is 25.7. The van der Waals surface area contributed by atoms with Gasteiger partial charge >= 0.3 is 5.97 Å². The smallest absolute Gasteiger partial charge is 0.325 e. The molecule has 4 N–H and O–H groups in total. The number of nitrogens with zero attached hydrogens (tertiary/aromatic N) is 2. The van der Waals surface area contributed by atoms with E-state index in [0.29, 0.717) is 10.7 Å². The molecule has 35 heavy (non-hydrogen) atoms. The summed E-state index contributed by atoms with van der Waals surface area (Å²) in [6.45, 7) is 0. The summed E-state index contributed by atoms with van der Waals surface area (Å²) in [7, 11) is 1.38. The van der Waals surface area contributed by atoms with Crippen molar-refractivity contribution in [2.75, 3.05) is 12.0 Å². The minimum Gasteiger partial charge on any atom is -0.504 e. The number of hydrogen-bond acceptors (Lipinski definition) is 7. The molecule has 0 bridgehead atoms. The van der Waals surface area contributed by atoms with Gasteiger partial charge in [0.2, 0.25) is 11.8 Å². The minimum absolute atomic E-state index is 0.141. The first-order chi connectivity index (χ1) is 16.8. The van der Waals surface area contributed by atoms with Gasteiger partial charge in [-0.15, -0.1) is 0 Å². The molecule has 2 saturated heterocycles. The summed E-state index contributed by atoms with van der Waals surface area (Å²) >= 11 is 5.98. The van der Waals surface area contributed by atoms with Crippen LogP contribution in [0.5, 0.6) is 11.5 Å². The summed E-state index contributed by atoms with van der Waals surface area (Å²) in [6.07, 6.45) is 2.73. The molecule has 3 aromatic rings. The van der Waals surface area contributed by atoms with E-state index in [0.717, 1.165) is 4.90 Å². The number of para-hydroxylation sites is 1. The van der Waals surface area contributed by atoms with Gasteiger partial charge in [0.05, 0.1) is 31.0 Å². The van der Waals surface area contributed by atoms with Crippen LogP contribution < -0.4 is 15.0 Å². The monoisotopic (exact) mass is 496 g/mol. The largest absolute Gasteiger partial charge is 0.504 e. The van der Waals surface area contributed by atoms with E-state index in [1.807, 2.05) is 0 Å². The average molecular weight is 497 g/mol. The standard InChI is InChI=1S/C24H21ClN4O6/c1-35-16-4-2-3-15(20(16)30)19-17-18(24(28-19,23(33)34)9-13-10-26-11-27-13)22(32)29(21(17)31)14-7-5-12(25)6-8-14/h2-8,10-11,17-19,28,30H,9H2,1H3,(H,26,27)(H,33,34)/t17-,18+,19-,24-/m0/s1. The Hall–Kier alpha value is -3.89. The Morgan fingerprint density at radius 1 is 1.20 bits per heavy atom. The maximum atomic E-state index is 13.8. The van der Waals surface area contributed by atoms with E-state index in [9.17, 15) is 24.6 Å². The molecule has 2 amide bonds. The Morgan fingerprint density at radius 3 is 2.57 bits per heavy atom. The number of hydrogen-bond donors (Lipinski definition) is 4. The van der Waals surface area contributed by atoms with Crippen molar-refractivity contribution in [1.82, 2.24) is 15.3 Å². The van der Waals surface area contributed by atoms with Gasteiger partial charge in [0.15, 0.2) is 11.5 Å². The van der Waals surface area contributed by atoms with E-state index in [2.05, 4.69) is 15.3 Å². The number of aromatic nitrogens is 2. The van der Waals surface area contributed by atoms with E-state index >= 15 is 0 Å². The van der Waals surface area contributed by atoms with Gasteiger partial charge in [-0.05, 0) is 30.3 Å². The number of carbonyl (C=O) groups is 3. The lowest BCUT2D eigenvalue weighted by Gasteiger charge is -2.31. The average Bonchev–Trinajstić information content (AvgIpc) is 3.53. The molecule has 5 rings (SSSR count). The third kappa shape index (κ3) is 3.44. The van der Waals surface area contributed by atoms with Gasteiger partial charge in [0.1, 0.15) is 5.54 Å². The van der Waals surface area contributed by atoms with Crippen LogP contribution in [0.2, 0.25) is 5.02 Å². The fraction of sp³-hybridized carbons (Fsp3) is 0.250. The highest BCUT2D eigenvalue weighted by Gasteiger charge is 2.69. The zero-order chi connectivity index (χ0) is 24.9. The number of amides is 2. The number of phenolic OH excluding ortho intramolecular Hbond substituents is 1. The summed E-state index contributed by atoms with van der Waals surface area (Å²) in [5, 5.41) is 24.8. The Labute approximate surface area is 204 Å². The van der Waals surface area contributed by atoms with Crippen molar-refractivity contribution in [3.8, 4) is 11.5 Å². The molecule has 1 aromatic heterocycles. The first kappa shape index (κ1) is 22.9. The van der Waals surface area contributed by atoms with Crippen LogP contribution in [0, 0.1) is 11.8 Å². The van der Waals surface area contributed by atoms with Crippen LogP contribution in [0.1, 0.15) is 17.3 Å². The van der Waals surface area contributed by atoms with Crippen LogP contribution in [-0.4, -0.2) is 50.6 Å². The van der Waals surface area contributed by atoms with Crippen molar-refractivity contribution in [2.24, 2.45) is 11.8 Å². The first-order valence-corrected chi connectivity index (χ1v) is 11.1. The zero-order valence-electron chi connectivity index (χ0n) is 18.4. The topological polar surface area (TPSA) is 145 Å². The number of fused-ring (bicyclic) bond motifs is 1. The lowest BCUT2D eigenvalue weighted by Crippen LogP contribution is -2.57. The number of carbonyl (C=O) groups excluding carboxylic acids is 2. The molecule has 11 heteroatoms. The predicted molar refractivity (Wildman–Crippen MR) is 124 cm³/mol. The van der Waals surface area contributed by atoms with E-state index < -0.39 is 41.2 Å². The summed E-state index contributed by atoms with van der Waals surface area (Å²) in [6, 6.07) is 9.91. The zero-order valence-corrected chi connectivity index (χ0v) is 19.2. The van der Waals surface area contributed by atoms with Crippen LogP contribution >= 0.6 is 11.6 Å². The van der Waals surface area contributed by atoms with Crippen molar-refractivity contribution in [1.29, 1.82) is 0 Å². The number of benzene rings is 2. The van der Waals surface area contributed by atoms with Gasteiger partial charge in [-0.3, -0.25) is 19.7 Å². The fourth-order valence-electron chi connectivity index (χ4n) is 5.19. The first-order valence-electron chi connectivity index (χ1n) is 10.8. The van der Waals surface area contributed by atoms with Gasteiger partial charge in [0.25, 0.3) is 0 Å². The maximum absolute atomic E-state index is 13.8. The molecule has 4 atom stereocenters. The SMILES string of the molecule is COc1cccc([C@@H]2N[C@](Cc3cnc[nH]3)(C(=O)O)[C@H]3C(=O)N(c4ccc(Cl)cc4)C(=O)[C@H]23)c1O. The molecule has 2 aliphatic rings. The minimum atomic E-state index is -1.86. The quantitative estimate of drug-likeness (QED) is 0.380. The van der Waals surface area contributed by atoms with E-state index in [1.54, 1.807) is 30.3 Å². The summed E-state index contributed by atoms with van der Waals surface area (Å²) in [4.78, 5) is 48.2. The maximum Gasteiger partial charge on any atom is 0.325 e. The van der Waals surface area contributed by atoms with Crippen LogP contribution in [0.25, 0.3) is 0 Å². The van der Waals surface area contributed by atoms with E-state index in [-0.39, 0.29) is 29.2 Å². The summed E-state index contributed by atoms with van der Waals surface area (Å²) < 4.78 is 5.21. The third-order valence-electron chi connectivity index (χ3n) is 6.73. The molecule has 3 heterocycles. The number of carboxylic acid groups (broad SMARTS) is 1. The van der Waals surface area contributed by atoms with Crippen LogP contribution in [0.15, 0.2) is 55.0 Å². The molecular formula is C24H21ClN4O6. The third-order valence-corrected chi connectivity index (χ3v) is 6.98. The number of phenols is 1. The molecule has 2 aliphatic heterocycles. The predicted octanol–water partition coefficient (Wildman–Crippen LogP) is 2.29. The van der Waals surface area contributed by atoms with Gasteiger partial charge in [-0.25, -0.2) is 9.88 Å². The number of halogens is 1. The lowest BCUT2D eigenvalue weighted by atomic mass is 9.77. The highest BCUT2D eigenvalue weighted by Crippen LogP contribution is 2.52. The number of anilines is 1. The molecule has 10 nitrogen and oxygen atoms in total. The van der Waals surface area contributed by atoms with E-state index in [4.69, 9.17) is 16.3 Å². The number of aromatic hydroxyl groups is 1. The van der Waals surface area contributed by atoms with Crippen molar-refractivity contribution >= 4 is 35.1 Å². The van der Waals surface area contributed by atoms with Crippen LogP contribution in [0.3, 0.4) is 0 Å². The van der Waals surface area contributed by atoms with Crippen molar-refractivity contribution < 1.29 is 29.3 Å². The molecular weight excluding hydrogens is 476 g/mol. The second-order valence-electron chi connectivity index (χ2n) is 8.54. The molecule has 0 radical (unpaired) electrons. The number of aromatic amines is 1. The van der Waals surface area contributed by atoms with Gasteiger partial charge < -0.3 is 19.9 Å². The summed E-state index contributed by atoms with van der Waals surface area (Å²) in [5.74, 6) is -4.97. The molecule has 2 fully saturated rings. The second kappa shape index (κ2) is 8.40. The van der Waals surface area contributed by atoms with Gasteiger partial charge in [-0.1, -0.05) is 23.7 Å². The number of aliphatic carboxylic acids is 1. The van der Waals surface area contributed by atoms with Crippen molar-refractivity contribution in [3.05, 3.63) is 71.3 Å². The summed E-state index contributed by atoms with van der Waals surface area (Å²) in [5.41, 5.74) is -0.843. The fourth-order valence-corrected chi connectivity index (χ4v) is 5.31. The Bertz CT molecular complexity index is 1310. The molecule has 180 valence electrons. The van der Waals surface area contributed by atoms with Crippen LogP contribution in [0.4, 0.5) is 5.69 Å². The van der Waals surface area contributed by atoms with Crippen molar-refractivity contribution in [3.63, 3.8) is 0 Å².